The molecule has 0 atom stereocenters. The van der Waals surface area contributed by atoms with Gasteiger partial charge in [0.2, 0.25) is 0 Å². The summed E-state index contributed by atoms with van der Waals surface area (Å²) in [5.74, 6) is 0. The molecule has 0 fully saturated rings. The first-order valence-corrected chi connectivity index (χ1v) is 6.28. The molecule has 2 aromatic carbocycles. The Balaban J connectivity index is 1.63. The Hall–Kier alpha value is -1.86. The van der Waals surface area contributed by atoms with E-state index in [9.17, 15) is 0 Å². The Morgan fingerprint density at radius 3 is 2.22 bits per heavy atom. The lowest BCUT2D eigenvalue weighted by molar-refractivity contribution is 0.125. The molecule has 0 saturated carbocycles. The van der Waals surface area contributed by atoms with Crippen LogP contribution in [0, 0.1) is 0 Å². The van der Waals surface area contributed by atoms with Crippen LogP contribution in [0.2, 0.25) is 0 Å². The van der Waals surface area contributed by atoms with E-state index in [0.717, 1.165) is 13.0 Å². The van der Waals surface area contributed by atoms with Crippen molar-refractivity contribution in [1.29, 1.82) is 0 Å². The van der Waals surface area contributed by atoms with Gasteiger partial charge < -0.3 is 4.74 Å². The standard InChI is InChI=1S/C17H18O/c1-3-9-16(10-4-1)11-7-8-14-18-15-17-12-5-2-6-13-17/h1-7,9-13H,8,14-15H2/b11-7+. The lowest BCUT2D eigenvalue weighted by atomic mass is 10.2. The van der Waals surface area contributed by atoms with E-state index in [2.05, 4.69) is 36.4 Å². The molecule has 2 rings (SSSR count). The van der Waals surface area contributed by atoms with Gasteiger partial charge in [0.15, 0.2) is 0 Å². The minimum absolute atomic E-state index is 0.694. The molecule has 0 heterocycles. The topological polar surface area (TPSA) is 9.23 Å². The third kappa shape index (κ3) is 4.56. The molecule has 0 N–H and O–H groups in total. The fourth-order valence-corrected chi connectivity index (χ4v) is 1.70. The van der Waals surface area contributed by atoms with Crippen LogP contribution in [0.3, 0.4) is 0 Å². The van der Waals surface area contributed by atoms with Crippen LogP contribution >= 0.6 is 0 Å². The SMILES string of the molecule is C(=C\c1ccccc1)/CCOCc1ccccc1. The van der Waals surface area contributed by atoms with E-state index in [1.54, 1.807) is 0 Å². The molecule has 0 aliphatic heterocycles. The van der Waals surface area contributed by atoms with Crippen molar-refractivity contribution in [2.75, 3.05) is 6.61 Å². The predicted molar refractivity (Wildman–Crippen MR) is 76.2 cm³/mol. The molecule has 0 aliphatic carbocycles. The summed E-state index contributed by atoms with van der Waals surface area (Å²) in [6, 6.07) is 20.6. The second-order valence-corrected chi connectivity index (χ2v) is 4.14. The number of hydrogen-bond donors (Lipinski definition) is 0. The molecule has 1 heteroatoms. The van der Waals surface area contributed by atoms with Crippen LogP contribution in [0.1, 0.15) is 17.5 Å². The van der Waals surface area contributed by atoms with Gasteiger partial charge in [-0.1, -0.05) is 72.8 Å². The molecule has 0 amide bonds. The van der Waals surface area contributed by atoms with E-state index in [1.807, 2.05) is 36.4 Å². The molecule has 0 aliphatic rings. The van der Waals surface area contributed by atoms with Gasteiger partial charge in [-0.2, -0.15) is 0 Å². The van der Waals surface area contributed by atoms with Crippen LogP contribution < -0.4 is 0 Å². The van der Waals surface area contributed by atoms with Crippen LogP contribution in [0.15, 0.2) is 66.7 Å². The van der Waals surface area contributed by atoms with Crippen LogP contribution in [-0.4, -0.2) is 6.61 Å². The molecule has 2 aromatic rings. The number of ether oxygens (including phenoxy) is 1. The highest BCUT2D eigenvalue weighted by molar-refractivity contribution is 5.48. The summed E-state index contributed by atoms with van der Waals surface area (Å²) in [5, 5.41) is 0. The zero-order valence-electron chi connectivity index (χ0n) is 10.5. The first-order chi connectivity index (χ1) is 8.95. The van der Waals surface area contributed by atoms with Crippen molar-refractivity contribution in [2.24, 2.45) is 0 Å². The maximum Gasteiger partial charge on any atom is 0.0717 e. The molecule has 0 spiro atoms. The van der Waals surface area contributed by atoms with Crippen molar-refractivity contribution >= 4 is 6.08 Å². The fraction of sp³-hybridized carbons (Fsp3) is 0.176. The Morgan fingerprint density at radius 2 is 1.50 bits per heavy atom. The van der Waals surface area contributed by atoms with E-state index < -0.39 is 0 Å². The highest BCUT2D eigenvalue weighted by Gasteiger charge is 1.90. The van der Waals surface area contributed by atoms with E-state index in [-0.39, 0.29) is 0 Å². The normalized spacial score (nSPS) is 10.9. The van der Waals surface area contributed by atoms with Crippen molar-refractivity contribution in [3.63, 3.8) is 0 Å². The van der Waals surface area contributed by atoms with Gasteiger partial charge in [-0.15, -0.1) is 0 Å². The Bertz CT molecular complexity index is 459. The molecule has 0 bridgehead atoms. The number of benzene rings is 2. The van der Waals surface area contributed by atoms with Gasteiger partial charge in [0.05, 0.1) is 13.2 Å². The van der Waals surface area contributed by atoms with Crippen LogP contribution in [-0.2, 0) is 11.3 Å². The van der Waals surface area contributed by atoms with E-state index in [1.165, 1.54) is 11.1 Å². The van der Waals surface area contributed by atoms with Gasteiger partial charge in [0.1, 0.15) is 0 Å². The van der Waals surface area contributed by atoms with Crippen LogP contribution in [0.25, 0.3) is 6.08 Å². The largest absolute Gasteiger partial charge is 0.376 e. The highest BCUT2D eigenvalue weighted by Crippen LogP contribution is 2.03. The van der Waals surface area contributed by atoms with Crippen molar-refractivity contribution in [2.45, 2.75) is 13.0 Å². The van der Waals surface area contributed by atoms with Crippen molar-refractivity contribution < 1.29 is 4.74 Å². The van der Waals surface area contributed by atoms with Crippen LogP contribution in [0.4, 0.5) is 0 Å². The molecule has 18 heavy (non-hydrogen) atoms. The molecule has 0 saturated heterocycles. The van der Waals surface area contributed by atoms with Crippen molar-refractivity contribution in [3.05, 3.63) is 77.9 Å². The van der Waals surface area contributed by atoms with E-state index >= 15 is 0 Å². The molecule has 0 radical (unpaired) electrons. The van der Waals surface area contributed by atoms with Gasteiger partial charge in [-0.25, -0.2) is 0 Å². The molecule has 92 valence electrons. The zero-order chi connectivity index (χ0) is 12.5. The lowest BCUT2D eigenvalue weighted by Gasteiger charge is -2.01. The lowest BCUT2D eigenvalue weighted by Crippen LogP contribution is -1.93. The van der Waals surface area contributed by atoms with Gasteiger partial charge in [0.25, 0.3) is 0 Å². The summed E-state index contributed by atoms with van der Waals surface area (Å²) in [6.07, 6.45) is 5.23. The van der Waals surface area contributed by atoms with Gasteiger partial charge in [-0.05, 0) is 17.5 Å². The zero-order valence-corrected chi connectivity index (χ0v) is 10.5. The van der Waals surface area contributed by atoms with Crippen molar-refractivity contribution in [1.82, 2.24) is 0 Å². The van der Waals surface area contributed by atoms with Crippen molar-refractivity contribution in [3.8, 4) is 0 Å². The molecular weight excluding hydrogens is 220 g/mol. The third-order valence-electron chi connectivity index (χ3n) is 2.65. The smallest absolute Gasteiger partial charge is 0.0717 e. The average Bonchev–Trinajstić information content (AvgIpc) is 2.45. The van der Waals surface area contributed by atoms with Gasteiger partial charge in [-0.3, -0.25) is 0 Å². The predicted octanol–water partition coefficient (Wildman–Crippen LogP) is 4.31. The molecule has 0 aromatic heterocycles. The highest BCUT2D eigenvalue weighted by atomic mass is 16.5. The summed E-state index contributed by atoms with van der Waals surface area (Å²) in [5.41, 5.74) is 2.46. The summed E-state index contributed by atoms with van der Waals surface area (Å²) >= 11 is 0. The Morgan fingerprint density at radius 1 is 0.833 bits per heavy atom. The van der Waals surface area contributed by atoms with Gasteiger partial charge >= 0.3 is 0 Å². The molecule has 1 nitrogen and oxygen atoms in total. The first-order valence-electron chi connectivity index (χ1n) is 6.28. The minimum Gasteiger partial charge on any atom is -0.376 e. The Labute approximate surface area is 109 Å². The summed E-state index contributed by atoms with van der Waals surface area (Å²) in [6.45, 7) is 1.46. The van der Waals surface area contributed by atoms with E-state index in [0.29, 0.717) is 6.61 Å². The maximum atomic E-state index is 5.61. The second kappa shape index (κ2) is 7.46. The Kier molecular flexibility index (Phi) is 5.22. The fourth-order valence-electron chi connectivity index (χ4n) is 1.70. The third-order valence-corrected chi connectivity index (χ3v) is 2.65. The van der Waals surface area contributed by atoms with Gasteiger partial charge in [0, 0.05) is 0 Å². The average molecular weight is 238 g/mol. The maximum absolute atomic E-state index is 5.61. The minimum atomic E-state index is 0.694. The number of hydrogen-bond acceptors (Lipinski definition) is 1. The number of rotatable bonds is 6. The second-order valence-electron chi connectivity index (χ2n) is 4.14. The van der Waals surface area contributed by atoms with E-state index in [4.69, 9.17) is 4.74 Å². The summed E-state index contributed by atoms with van der Waals surface area (Å²) < 4.78 is 5.61. The van der Waals surface area contributed by atoms with Crippen LogP contribution in [0.5, 0.6) is 0 Å². The summed E-state index contributed by atoms with van der Waals surface area (Å²) in [4.78, 5) is 0. The summed E-state index contributed by atoms with van der Waals surface area (Å²) in [7, 11) is 0. The first kappa shape index (κ1) is 12.6. The molecular formula is C17H18O. The monoisotopic (exact) mass is 238 g/mol. The quantitative estimate of drug-likeness (QED) is 0.681. The molecule has 0 unspecified atom stereocenters.